The molecule has 2 heteroatoms. The molecule has 0 saturated heterocycles. The van der Waals surface area contributed by atoms with Crippen molar-refractivity contribution >= 4 is 0 Å². The van der Waals surface area contributed by atoms with Crippen molar-refractivity contribution in [2.75, 3.05) is 20.2 Å². The van der Waals surface area contributed by atoms with E-state index in [2.05, 4.69) is 24.9 Å². The molecule has 0 unspecified atom stereocenters. The molecule has 0 bridgehead atoms. The highest BCUT2D eigenvalue weighted by Gasteiger charge is 2.00. The van der Waals surface area contributed by atoms with E-state index in [0.717, 1.165) is 31.7 Å². The summed E-state index contributed by atoms with van der Waals surface area (Å²) in [5.74, 6) is 0.971. The first kappa shape index (κ1) is 12.8. The Hall–Kier alpha value is -1.28. The Labute approximate surface area is 98.3 Å². The Morgan fingerprint density at radius 3 is 2.81 bits per heavy atom. The molecule has 0 aromatic heterocycles. The van der Waals surface area contributed by atoms with Crippen LogP contribution in [0.15, 0.2) is 36.4 Å². The highest BCUT2D eigenvalue weighted by atomic mass is 16.5. The van der Waals surface area contributed by atoms with Crippen LogP contribution in [0.4, 0.5) is 0 Å². The fraction of sp³-hybridized carbons (Fsp3) is 0.429. The van der Waals surface area contributed by atoms with Crippen LogP contribution in [-0.2, 0) is 6.42 Å². The van der Waals surface area contributed by atoms with Crippen molar-refractivity contribution in [3.8, 4) is 5.75 Å². The first-order valence-corrected chi connectivity index (χ1v) is 5.77. The van der Waals surface area contributed by atoms with Gasteiger partial charge in [0.05, 0.1) is 7.11 Å². The van der Waals surface area contributed by atoms with E-state index in [-0.39, 0.29) is 0 Å². The van der Waals surface area contributed by atoms with Gasteiger partial charge in [0.15, 0.2) is 0 Å². The van der Waals surface area contributed by atoms with Crippen LogP contribution in [0.2, 0.25) is 0 Å². The molecular weight excluding hydrogens is 198 g/mol. The van der Waals surface area contributed by atoms with Crippen molar-refractivity contribution < 1.29 is 4.74 Å². The van der Waals surface area contributed by atoms with Gasteiger partial charge in [0.25, 0.3) is 0 Å². The molecule has 1 rings (SSSR count). The molecule has 0 heterocycles. The van der Waals surface area contributed by atoms with Gasteiger partial charge in [0, 0.05) is 6.54 Å². The summed E-state index contributed by atoms with van der Waals surface area (Å²) >= 11 is 0. The summed E-state index contributed by atoms with van der Waals surface area (Å²) in [5, 5.41) is 3.38. The van der Waals surface area contributed by atoms with Gasteiger partial charge < -0.3 is 10.1 Å². The van der Waals surface area contributed by atoms with Crippen LogP contribution in [0.3, 0.4) is 0 Å². The zero-order chi connectivity index (χ0) is 11.8. The lowest BCUT2D eigenvalue weighted by Gasteiger charge is -2.09. The first-order chi connectivity index (χ1) is 7.77. The predicted octanol–water partition coefficient (Wildman–Crippen LogP) is 2.79. The van der Waals surface area contributed by atoms with E-state index in [1.165, 1.54) is 11.1 Å². The molecule has 0 amide bonds. The monoisotopic (exact) mass is 219 g/mol. The Bertz CT molecular complexity index is 333. The van der Waals surface area contributed by atoms with E-state index in [1.54, 1.807) is 7.11 Å². The van der Waals surface area contributed by atoms with E-state index < -0.39 is 0 Å². The van der Waals surface area contributed by atoms with E-state index >= 15 is 0 Å². The standard InChI is InChI=1S/C14H21NO/c1-4-12(2)11-15-10-9-13-7-5-6-8-14(13)16-3/h5-8,15H,2,4,9-11H2,1,3H3. The maximum absolute atomic E-state index is 5.30. The van der Waals surface area contributed by atoms with Crippen LogP contribution >= 0.6 is 0 Å². The Balaban J connectivity index is 2.34. The third-order valence-electron chi connectivity index (χ3n) is 2.64. The van der Waals surface area contributed by atoms with E-state index in [4.69, 9.17) is 4.74 Å². The number of ether oxygens (including phenoxy) is 1. The average molecular weight is 219 g/mol. The Morgan fingerprint density at radius 1 is 1.38 bits per heavy atom. The molecule has 0 aliphatic rings. The van der Waals surface area contributed by atoms with Gasteiger partial charge in [-0.05, 0) is 31.0 Å². The summed E-state index contributed by atoms with van der Waals surface area (Å²) in [4.78, 5) is 0. The molecular formula is C14H21NO. The van der Waals surface area contributed by atoms with Gasteiger partial charge in [-0.1, -0.05) is 37.3 Å². The van der Waals surface area contributed by atoms with Crippen molar-refractivity contribution in [2.45, 2.75) is 19.8 Å². The zero-order valence-electron chi connectivity index (χ0n) is 10.3. The van der Waals surface area contributed by atoms with Crippen molar-refractivity contribution in [2.24, 2.45) is 0 Å². The van der Waals surface area contributed by atoms with E-state index in [1.807, 2.05) is 18.2 Å². The van der Waals surface area contributed by atoms with E-state index in [9.17, 15) is 0 Å². The third-order valence-corrected chi connectivity index (χ3v) is 2.64. The summed E-state index contributed by atoms with van der Waals surface area (Å²) in [6, 6.07) is 8.15. The molecule has 0 spiro atoms. The molecule has 1 N–H and O–H groups in total. The summed E-state index contributed by atoms with van der Waals surface area (Å²) < 4.78 is 5.30. The fourth-order valence-corrected chi connectivity index (χ4v) is 1.52. The van der Waals surface area contributed by atoms with Crippen molar-refractivity contribution in [1.82, 2.24) is 5.32 Å². The molecule has 0 aliphatic carbocycles. The minimum Gasteiger partial charge on any atom is -0.496 e. The number of methoxy groups -OCH3 is 1. The maximum atomic E-state index is 5.30. The lowest BCUT2D eigenvalue weighted by atomic mass is 10.1. The van der Waals surface area contributed by atoms with E-state index in [0.29, 0.717) is 0 Å². The van der Waals surface area contributed by atoms with Gasteiger partial charge in [-0.15, -0.1) is 0 Å². The molecule has 0 fully saturated rings. The maximum Gasteiger partial charge on any atom is 0.122 e. The molecule has 1 aromatic carbocycles. The van der Waals surface area contributed by atoms with Crippen LogP contribution in [-0.4, -0.2) is 20.2 Å². The fourth-order valence-electron chi connectivity index (χ4n) is 1.52. The number of hydrogen-bond donors (Lipinski definition) is 1. The van der Waals surface area contributed by atoms with Crippen molar-refractivity contribution in [3.05, 3.63) is 42.0 Å². The minimum absolute atomic E-state index is 0.908. The quantitative estimate of drug-likeness (QED) is 0.562. The Morgan fingerprint density at radius 2 is 2.12 bits per heavy atom. The normalized spacial score (nSPS) is 10.1. The molecule has 2 nitrogen and oxygen atoms in total. The summed E-state index contributed by atoms with van der Waals surface area (Å²) in [6.07, 6.45) is 2.03. The van der Waals surface area contributed by atoms with Crippen molar-refractivity contribution in [3.63, 3.8) is 0 Å². The number of hydrogen-bond acceptors (Lipinski definition) is 2. The second kappa shape index (κ2) is 7.07. The van der Waals surface area contributed by atoms with Gasteiger partial charge in [0.2, 0.25) is 0 Å². The van der Waals surface area contributed by atoms with Crippen LogP contribution in [0.25, 0.3) is 0 Å². The molecule has 0 aliphatic heterocycles. The smallest absolute Gasteiger partial charge is 0.122 e. The van der Waals surface area contributed by atoms with Gasteiger partial charge in [-0.25, -0.2) is 0 Å². The number of benzene rings is 1. The number of para-hydroxylation sites is 1. The summed E-state index contributed by atoms with van der Waals surface area (Å²) in [6.45, 7) is 7.96. The lowest BCUT2D eigenvalue weighted by Crippen LogP contribution is -2.19. The van der Waals surface area contributed by atoms with Gasteiger partial charge >= 0.3 is 0 Å². The molecule has 16 heavy (non-hydrogen) atoms. The molecule has 0 atom stereocenters. The number of rotatable bonds is 7. The molecule has 1 aromatic rings. The summed E-state index contributed by atoms with van der Waals surface area (Å²) in [5.41, 5.74) is 2.50. The predicted molar refractivity (Wildman–Crippen MR) is 69.0 cm³/mol. The van der Waals surface area contributed by atoms with Crippen LogP contribution in [0, 0.1) is 0 Å². The zero-order valence-corrected chi connectivity index (χ0v) is 10.3. The van der Waals surface area contributed by atoms with Crippen LogP contribution < -0.4 is 10.1 Å². The van der Waals surface area contributed by atoms with Gasteiger partial charge in [-0.3, -0.25) is 0 Å². The van der Waals surface area contributed by atoms with Gasteiger partial charge in [-0.2, -0.15) is 0 Å². The molecule has 88 valence electrons. The largest absolute Gasteiger partial charge is 0.496 e. The number of nitrogens with one attached hydrogen (secondary N) is 1. The second-order valence-electron chi connectivity index (χ2n) is 3.84. The minimum atomic E-state index is 0.908. The molecule has 0 radical (unpaired) electrons. The first-order valence-electron chi connectivity index (χ1n) is 5.77. The SMILES string of the molecule is C=C(CC)CNCCc1ccccc1OC. The molecule has 0 saturated carbocycles. The lowest BCUT2D eigenvalue weighted by molar-refractivity contribution is 0.409. The van der Waals surface area contributed by atoms with Crippen molar-refractivity contribution in [1.29, 1.82) is 0 Å². The van der Waals surface area contributed by atoms with Gasteiger partial charge in [0.1, 0.15) is 5.75 Å². The highest BCUT2D eigenvalue weighted by molar-refractivity contribution is 5.33. The second-order valence-corrected chi connectivity index (χ2v) is 3.84. The third kappa shape index (κ3) is 4.07. The van der Waals surface area contributed by atoms with Crippen LogP contribution in [0.1, 0.15) is 18.9 Å². The van der Waals surface area contributed by atoms with Crippen LogP contribution in [0.5, 0.6) is 5.75 Å². The summed E-state index contributed by atoms with van der Waals surface area (Å²) in [7, 11) is 1.71. The topological polar surface area (TPSA) is 21.3 Å². The highest BCUT2D eigenvalue weighted by Crippen LogP contribution is 2.17. The average Bonchev–Trinajstić information content (AvgIpc) is 2.34. The Kier molecular flexibility index (Phi) is 5.65.